The van der Waals surface area contributed by atoms with Crippen molar-refractivity contribution >= 4 is 16.9 Å². The number of aromatic nitrogens is 3. The second-order valence-corrected chi connectivity index (χ2v) is 8.14. The van der Waals surface area contributed by atoms with Crippen molar-refractivity contribution in [1.29, 1.82) is 0 Å². The van der Waals surface area contributed by atoms with Crippen LogP contribution in [0, 0.1) is 12.7 Å². The number of nitrogens with one attached hydrogen (secondary N) is 2. The zero-order chi connectivity index (χ0) is 22.0. The van der Waals surface area contributed by atoms with Gasteiger partial charge in [0.05, 0.1) is 11.4 Å². The maximum atomic E-state index is 14.7. The molecule has 1 unspecified atom stereocenters. The van der Waals surface area contributed by atoms with Gasteiger partial charge < -0.3 is 25.7 Å². The van der Waals surface area contributed by atoms with Crippen LogP contribution in [-0.2, 0) is 11.2 Å². The van der Waals surface area contributed by atoms with Crippen molar-refractivity contribution in [2.24, 2.45) is 5.73 Å². The van der Waals surface area contributed by atoms with E-state index in [1.54, 1.807) is 12.3 Å². The smallest absolute Gasteiger partial charge is 0.237 e. The standard InChI is InChI=1S/C22H27FN6O2/c1-13-11-25-20-19(13)22(27-12-26-20)31-18-4-3-14(9-16(18)23)10-17(24)21(30)28-15-5-7-29(2)8-6-15/h3-4,9,11-12,15,17H,5-8,10,24H2,1-2H3,(H,28,30)(H,25,26,27). The number of rotatable bonds is 6. The molecule has 31 heavy (non-hydrogen) atoms. The van der Waals surface area contributed by atoms with Crippen molar-refractivity contribution in [1.82, 2.24) is 25.2 Å². The molecule has 1 fully saturated rings. The summed E-state index contributed by atoms with van der Waals surface area (Å²) in [5, 5.41) is 3.72. The minimum Gasteiger partial charge on any atom is -0.435 e. The first kappa shape index (κ1) is 21.2. The third kappa shape index (κ3) is 4.83. The first-order valence-corrected chi connectivity index (χ1v) is 10.4. The molecule has 2 aromatic heterocycles. The van der Waals surface area contributed by atoms with Crippen molar-refractivity contribution < 1.29 is 13.9 Å². The minimum atomic E-state index is -0.741. The van der Waals surface area contributed by atoms with Crippen molar-refractivity contribution in [3.63, 3.8) is 0 Å². The Labute approximate surface area is 180 Å². The minimum absolute atomic E-state index is 0.0497. The molecular formula is C22H27FN6O2. The molecule has 0 aliphatic carbocycles. The van der Waals surface area contributed by atoms with E-state index in [2.05, 4.69) is 32.2 Å². The number of carbonyl (C=O) groups is 1. The van der Waals surface area contributed by atoms with Crippen LogP contribution in [0.1, 0.15) is 24.0 Å². The predicted molar refractivity (Wildman–Crippen MR) is 115 cm³/mol. The van der Waals surface area contributed by atoms with Crippen LogP contribution in [0.5, 0.6) is 11.6 Å². The maximum absolute atomic E-state index is 14.7. The number of carbonyl (C=O) groups excluding carboxylic acids is 1. The molecule has 8 nitrogen and oxygen atoms in total. The number of nitrogens with zero attached hydrogens (tertiary/aromatic N) is 3. The Morgan fingerprint density at radius 2 is 2.16 bits per heavy atom. The first-order valence-electron chi connectivity index (χ1n) is 10.4. The van der Waals surface area contributed by atoms with Gasteiger partial charge in [-0.05, 0) is 69.6 Å². The lowest BCUT2D eigenvalue weighted by molar-refractivity contribution is -0.123. The van der Waals surface area contributed by atoms with Crippen LogP contribution in [0.3, 0.4) is 0 Å². The summed E-state index contributed by atoms with van der Waals surface area (Å²) in [5.41, 5.74) is 8.24. The molecular weight excluding hydrogens is 399 g/mol. The number of likely N-dealkylation sites (tertiary alicyclic amines) is 1. The van der Waals surface area contributed by atoms with E-state index in [-0.39, 0.29) is 30.0 Å². The Hall–Kier alpha value is -3.04. The second-order valence-electron chi connectivity index (χ2n) is 8.14. The highest BCUT2D eigenvalue weighted by molar-refractivity contribution is 5.84. The number of benzene rings is 1. The zero-order valence-corrected chi connectivity index (χ0v) is 17.7. The van der Waals surface area contributed by atoms with Gasteiger partial charge in [0, 0.05) is 12.2 Å². The fourth-order valence-electron chi connectivity index (χ4n) is 3.83. The van der Waals surface area contributed by atoms with Gasteiger partial charge in [0.2, 0.25) is 11.8 Å². The third-order valence-corrected chi connectivity index (χ3v) is 5.69. The monoisotopic (exact) mass is 426 g/mol. The third-order valence-electron chi connectivity index (χ3n) is 5.69. The van der Waals surface area contributed by atoms with Crippen molar-refractivity contribution in [3.05, 3.63) is 47.7 Å². The van der Waals surface area contributed by atoms with E-state index in [9.17, 15) is 9.18 Å². The van der Waals surface area contributed by atoms with Crippen LogP contribution >= 0.6 is 0 Å². The summed E-state index contributed by atoms with van der Waals surface area (Å²) < 4.78 is 20.4. The Bertz CT molecular complexity index is 1080. The lowest BCUT2D eigenvalue weighted by Gasteiger charge is -2.30. The molecule has 4 N–H and O–H groups in total. The molecule has 4 rings (SSSR count). The number of halogens is 1. The molecule has 1 amide bonds. The van der Waals surface area contributed by atoms with Gasteiger partial charge in [-0.2, -0.15) is 0 Å². The highest BCUT2D eigenvalue weighted by Gasteiger charge is 2.22. The Kier molecular flexibility index (Phi) is 6.15. The summed E-state index contributed by atoms with van der Waals surface area (Å²) >= 11 is 0. The summed E-state index contributed by atoms with van der Waals surface area (Å²) in [6.45, 7) is 3.80. The molecule has 3 heterocycles. The number of hydrogen-bond donors (Lipinski definition) is 3. The Balaban J connectivity index is 1.40. The van der Waals surface area contributed by atoms with Crippen LogP contribution in [0.2, 0.25) is 0 Å². The fraction of sp³-hybridized carbons (Fsp3) is 0.409. The summed E-state index contributed by atoms with van der Waals surface area (Å²) in [6, 6.07) is 3.99. The van der Waals surface area contributed by atoms with E-state index in [1.165, 1.54) is 18.5 Å². The fourth-order valence-corrected chi connectivity index (χ4v) is 3.83. The SMILES string of the molecule is Cc1c[nH]c2ncnc(Oc3ccc(CC(N)C(=O)NC4CCN(C)CC4)cc3F)c12. The Morgan fingerprint density at radius 1 is 1.39 bits per heavy atom. The van der Waals surface area contributed by atoms with Crippen LogP contribution in [0.15, 0.2) is 30.7 Å². The molecule has 1 atom stereocenters. The van der Waals surface area contributed by atoms with Gasteiger partial charge in [-0.3, -0.25) is 4.79 Å². The second kappa shape index (κ2) is 8.99. The number of aryl methyl sites for hydroxylation is 1. The molecule has 0 saturated carbocycles. The highest BCUT2D eigenvalue weighted by atomic mass is 19.1. The summed E-state index contributed by atoms with van der Waals surface area (Å²) in [7, 11) is 2.07. The molecule has 164 valence electrons. The van der Waals surface area contributed by atoms with Crippen molar-refractivity contribution in [2.75, 3.05) is 20.1 Å². The van der Waals surface area contributed by atoms with Gasteiger partial charge in [0.15, 0.2) is 11.6 Å². The normalized spacial score (nSPS) is 16.4. The van der Waals surface area contributed by atoms with E-state index >= 15 is 0 Å². The van der Waals surface area contributed by atoms with Crippen molar-refractivity contribution in [3.8, 4) is 11.6 Å². The Morgan fingerprint density at radius 3 is 2.90 bits per heavy atom. The molecule has 1 aliphatic heterocycles. The summed E-state index contributed by atoms with van der Waals surface area (Å²) in [6.07, 6.45) is 5.22. The molecule has 0 bridgehead atoms. The molecule has 0 radical (unpaired) electrons. The quantitative estimate of drug-likeness (QED) is 0.558. The molecule has 3 aromatic rings. The zero-order valence-electron chi connectivity index (χ0n) is 17.7. The predicted octanol–water partition coefficient (Wildman–Crippen LogP) is 2.28. The van der Waals surface area contributed by atoms with Crippen LogP contribution < -0.4 is 15.8 Å². The van der Waals surface area contributed by atoms with Gasteiger partial charge >= 0.3 is 0 Å². The van der Waals surface area contributed by atoms with Gasteiger partial charge in [-0.15, -0.1) is 0 Å². The van der Waals surface area contributed by atoms with E-state index < -0.39 is 11.9 Å². The van der Waals surface area contributed by atoms with E-state index in [1.807, 2.05) is 6.92 Å². The largest absolute Gasteiger partial charge is 0.435 e. The van der Waals surface area contributed by atoms with Crippen LogP contribution in [-0.4, -0.2) is 58.0 Å². The lowest BCUT2D eigenvalue weighted by atomic mass is 10.0. The lowest BCUT2D eigenvalue weighted by Crippen LogP contribution is -2.49. The van der Waals surface area contributed by atoms with E-state index in [4.69, 9.17) is 10.5 Å². The van der Waals surface area contributed by atoms with E-state index in [0.29, 0.717) is 16.6 Å². The summed E-state index contributed by atoms with van der Waals surface area (Å²) in [5.74, 6) is -0.416. The van der Waals surface area contributed by atoms with Gasteiger partial charge in [-0.1, -0.05) is 6.07 Å². The number of hydrogen-bond acceptors (Lipinski definition) is 6. The number of ether oxygens (including phenoxy) is 1. The average Bonchev–Trinajstić information content (AvgIpc) is 3.13. The number of H-pyrrole nitrogens is 1. The number of piperidine rings is 1. The highest BCUT2D eigenvalue weighted by Crippen LogP contribution is 2.30. The number of amides is 1. The number of aromatic amines is 1. The summed E-state index contributed by atoms with van der Waals surface area (Å²) in [4.78, 5) is 26.0. The molecule has 0 spiro atoms. The molecule has 1 aliphatic rings. The van der Waals surface area contributed by atoms with Crippen molar-refractivity contribution in [2.45, 2.75) is 38.3 Å². The number of fused-ring (bicyclic) bond motifs is 1. The van der Waals surface area contributed by atoms with E-state index in [0.717, 1.165) is 31.5 Å². The molecule has 1 aromatic carbocycles. The number of nitrogens with two attached hydrogens (primary N) is 1. The molecule has 9 heteroatoms. The van der Waals surface area contributed by atoms with Crippen LogP contribution in [0.4, 0.5) is 4.39 Å². The average molecular weight is 426 g/mol. The topological polar surface area (TPSA) is 109 Å². The van der Waals surface area contributed by atoms with Gasteiger partial charge in [0.25, 0.3) is 0 Å². The first-order chi connectivity index (χ1) is 14.9. The maximum Gasteiger partial charge on any atom is 0.237 e. The van der Waals surface area contributed by atoms with Gasteiger partial charge in [-0.25, -0.2) is 14.4 Å². The van der Waals surface area contributed by atoms with Gasteiger partial charge in [0.1, 0.15) is 12.0 Å². The van der Waals surface area contributed by atoms with Crippen LogP contribution in [0.25, 0.3) is 11.0 Å². The molecule has 1 saturated heterocycles.